The van der Waals surface area contributed by atoms with Gasteiger partial charge in [-0.1, -0.05) is 17.7 Å². The number of nitrogens with one attached hydrogen (secondary N) is 2. The fraction of sp³-hybridized carbons (Fsp3) is 0.308. The van der Waals surface area contributed by atoms with Gasteiger partial charge in [0.05, 0.1) is 27.3 Å². The summed E-state index contributed by atoms with van der Waals surface area (Å²) in [6.07, 6.45) is 3.49. The highest BCUT2D eigenvalue weighted by molar-refractivity contribution is 7.93. The lowest BCUT2D eigenvalue weighted by Gasteiger charge is -2.34. The number of halogens is 2. The predicted molar refractivity (Wildman–Crippen MR) is 151 cm³/mol. The first-order valence-electron chi connectivity index (χ1n) is 12.3. The molecule has 38 heavy (non-hydrogen) atoms. The van der Waals surface area contributed by atoms with Crippen molar-refractivity contribution in [1.82, 2.24) is 19.4 Å². The van der Waals surface area contributed by atoms with Gasteiger partial charge in [0, 0.05) is 55.7 Å². The Kier molecular flexibility index (Phi) is 7.17. The maximum absolute atomic E-state index is 15.1. The molecule has 2 aromatic heterocycles. The van der Waals surface area contributed by atoms with Crippen molar-refractivity contribution in [3.63, 3.8) is 0 Å². The Hall–Kier alpha value is -3.41. The van der Waals surface area contributed by atoms with Gasteiger partial charge in [-0.05, 0) is 51.2 Å². The van der Waals surface area contributed by atoms with Gasteiger partial charge in [0.15, 0.2) is 0 Å². The molecular formula is C26H29ClFN7O2S. The van der Waals surface area contributed by atoms with Gasteiger partial charge in [-0.3, -0.25) is 4.72 Å². The number of benzene rings is 2. The molecule has 2 N–H and O–H groups in total. The number of anilines is 4. The van der Waals surface area contributed by atoms with E-state index in [0.29, 0.717) is 33.4 Å². The van der Waals surface area contributed by atoms with E-state index >= 15 is 4.39 Å². The van der Waals surface area contributed by atoms with E-state index < -0.39 is 15.3 Å². The van der Waals surface area contributed by atoms with Gasteiger partial charge in [-0.15, -0.1) is 0 Å². The number of rotatable bonds is 7. The van der Waals surface area contributed by atoms with Gasteiger partial charge in [0.1, 0.15) is 11.5 Å². The van der Waals surface area contributed by atoms with E-state index in [0.717, 1.165) is 31.6 Å². The number of likely N-dealkylation sites (N-methyl/N-ethyl adjacent to an activating group) is 1. The third kappa shape index (κ3) is 5.40. The Balaban J connectivity index is 1.42. The molecule has 0 atom stereocenters. The van der Waals surface area contributed by atoms with Crippen molar-refractivity contribution in [3.8, 4) is 5.69 Å². The Bertz CT molecular complexity index is 1580. The lowest BCUT2D eigenvalue weighted by atomic mass is 10.2. The molecule has 4 aromatic rings. The van der Waals surface area contributed by atoms with Crippen molar-refractivity contribution in [2.75, 3.05) is 48.2 Å². The quantitative estimate of drug-likeness (QED) is 0.335. The Labute approximate surface area is 226 Å². The average molecular weight is 558 g/mol. The highest BCUT2D eigenvalue weighted by Crippen LogP contribution is 2.33. The number of fused-ring (bicyclic) bond motifs is 1. The van der Waals surface area contributed by atoms with Gasteiger partial charge in [-0.25, -0.2) is 17.8 Å². The zero-order valence-corrected chi connectivity index (χ0v) is 22.9. The molecule has 1 aliphatic heterocycles. The van der Waals surface area contributed by atoms with Crippen LogP contribution in [0.5, 0.6) is 0 Å². The molecule has 0 spiro atoms. The number of sulfonamides is 1. The molecule has 0 saturated carbocycles. The van der Waals surface area contributed by atoms with Crippen molar-refractivity contribution in [3.05, 3.63) is 65.7 Å². The van der Waals surface area contributed by atoms with Crippen LogP contribution < -0.4 is 14.9 Å². The topological polar surface area (TPSA) is 95.4 Å². The first-order chi connectivity index (χ1) is 18.1. The Morgan fingerprint density at radius 1 is 1.08 bits per heavy atom. The molecule has 0 unspecified atom stereocenters. The third-order valence-corrected chi connectivity index (χ3v) is 8.63. The van der Waals surface area contributed by atoms with Gasteiger partial charge in [0.2, 0.25) is 16.0 Å². The Morgan fingerprint density at radius 2 is 1.84 bits per heavy atom. The maximum atomic E-state index is 15.1. The van der Waals surface area contributed by atoms with Crippen LogP contribution in [0.4, 0.5) is 27.4 Å². The zero-order chi connectivity index (χ0) is 27.0. The summed E-state index contributed by atoms with van der Waals surface area (Å²) in [5.41, 5.74) is 2.61. The van der Waals surface area contributed by atoms with E-state index in [4.69, 9.17) is 11.6 Å². The Morgan fingerprint density at radius 3 is 2.58 bits per heavy atom. The second kappa shape index (κ2) is 10.4. The monoisotopic (exact) mass is 557 g/mol. The predicted octanol–water partition coefficient (Wildman–Crippen LogP) is 4.86. The van der Waals surface area contributed by atoms with Crippen LogP contribution in [0.25, 0.3) is 16.7 Å². The molecule has 5 rings (SSSR count). The van der Waals surface area contributed by atoms with Gasteiger partial charge in [0.25, 0.3) is 0 Å². The van der Waals surface area contributed by atoms with Crippen molar-refractivity contribution in [1.29, 1.82) is 0 Å². The summed E-state index contributed by atoms with van der Waals surface area (Å²) in [5.74, 6) is -0.116. The standard InChI is InChI=1S/C26H29ClFN7O2S/c1-17(2)38(36,37)32-19-5-4-6-20(13-19)35-8-7-18-16-29-26(31-25(18)35)30-23-15-22(28)24(14-21(23)27)34-11-9-33(3)10-12-34/h4-8,13-17,32H,9-12H2,1-3H3,(H,29,30,31). The van der Waals surface area contributed by atoms with Gasteiger partial charge in [-0.2, -0.15) is 4.98 Å². The summed E-state index contributed by atoms with van der Waals surface area (Å²) >= 11 is 6.53. The molecule has 0 amide bonds. The van der Waals surface area contributed by atoms with E-state index in [2.05, 4.69) is 24.9 Å². The minimum absolute atomic E-state index is 0.253. The fourth-order valence-corrected chi connectivity index (χ4v) is 5.13. The van der Waals surface area contributed by atoms with Crippen molar-refractivity contribution >= 4 is 55.7 Å². The van der Waals surface area contributed by atoms with E-state index in [9.17, 15) is 8.42 Å². The SMILES string of the molecule is CC(C)S(=O)(=O)Nc1cccc(-n2ccc3cnc(Nc4cc(F)c(N5CCN(C)CC5)cc4Cl)nc32)c1. The summed E-state index contributed by atoms with van der Waals surface area (Å²) in [5, 5.41) is 3.63. The largest absolute Gasteiger partial charge is 0.367 e. The third-order valence-electron chi connectivity index (χ3n) is 6.56. The van der Waals surface area contributed by atoms with Crippen LogP contribution in [-0.4, -0.2) is 66.3 Å². The normalized spacial score (nSPS) is 14.8. The van der Waals surface area contributed by atoms with E-state index in [1.54, 1.807) is 44.3 Å². The van der Waals surface area contributed by atoms with Gasteiger partial charge >= 0.3 is 0 Å². The summed E-state index contributed by atoms with van der Waals surface area (Å²) < 4.78 is 44.1. The molecule has 3 heterocycles. The van der Waals surface area contributed by atoms with Crippen LogP contribution in [0.2, 0.25) is 5.02 Å². The van der Waals surface area contributed by atoms with Crippen LogP contribution >= 0.6 is 11.6 Å². The molecular weight excluding hydrogens is 529 g/mol. The van der Waals surface area contributed by atoms with Crippen LogP contribution in [0.1, 0.15) is 13.8 Å². The molecule has 0 aliphatic carbocycles. The lowest BCUT2D eigenvalue weighted by molar-refractivity contribution is 0.311. The average Bonchev–Trinajstić information content (AvgIpc) is 3.30. The molecule has 200 valence electrons. The number of hydrogen-bond donors (Lipinski definition) is 2. The highest BCUT2D eigenvalue weighted by atomic mass is 35.5. The van der Waals surface area contributed by atoms with Crippen molar-refractivity contribution in [2.45, 2.75) is 19.1 Å². The first-order valence-corrected chi connectivity index (χ1v) is 14.2. The van der Waals surface area contributed by atoms with E-state index in [-0.39, 0.29) is 11.8 Å². The number of aromatic nitrogens is 3. The second-order valence-electron chi connectivity index (χ2n) is 9.60. The first kappa shape index (κ1) is 26.2. The molecule has 0 radical (unpaired) electrons. The number of piperazine rings is 1. The van der Waals surface area contributed by atoms with E-state index in [1.807, 2.05) is 34.8 Å². The van der Waals surface area contributed by atoms with Crippen molar-refractivity contribution in [2.24, 2.45) is 0 Å². The molecule has 12 heteroatoms. The summed E-state index contributed by atoms with van der Waals surface area (Å²) in [4.78, 5) is 13.2. The molecule has 0 bridgehead atoms. The molecule has 1 fully saturated rings. The second-order valence-corrected chi connectivity index (χ2v) is 12.2. The smallest absolute Gasteiger partial charge is 0.235 e. The number of hydrogen-bond acceptors (Lipinski definition) is 7. The summed E-state index contributed by atoms with van der Waals surface area (Å²) in [7, 11) is -1.44. The van der Waals surface area contributed by atoms with Crippen LogP contribution in [0, 0.1) is 5.82 Å². The minimum atomic E-state index is -3.48. The van der Waals surface area contributed by atoms with Crippen molar-refractivity contribution < 1.29 is 12.8 Å². The van der Waals surface area contributed by atoms with Gasteiger partial charge < -0.3 is 19.7 Å². The molecule has 1 aliphatic rings. The summed E-state index contributed by atoms with van der Waals surface area (Å²) in [6.45, 7) is 6.42. The maximum Gasteiger partial charge on any atom is 0.235 e. The van der Waals surface area contributed by atoms with Crippen LogP contribution in [0.15, 0.2) is 54.9 Å². The molecule has 9 nitrogen and oxygen atoms in total. The highest BCUT2D eigenvalue weighted by Gasteiger charge is 2.20. The van der Waals surface area contributed by atoms with Crippen LogP contribution in [0.3, 0.4) is 0 Å². The van der Waals surface area contributed by atoms with E-state index in [1.165, 1.54) is 6.07 Å². The molecule has 1 saturated heterocycles. The minimum Gasteiger partial charge on any atom is -0.367 e. The zero-order valence-electron chi connectivity index (χ0n) is 21.3. The molecule has 2 aromatic carbocycles. The number of nitrogens with zero attached hydrogens (tertiary/aromatic N) is 5. The van der Waals surface area contributed by atoms with Crippen LogP contribution in [-0.2, 0) is 10.0 Å². The fourth-order valence-electron chi connectivity index (χ4n) is 4.23. The lowest BCUT2D eigenvalue weighted by Crippen LogP contribution is -2.44. The summed E-state index contributed by atoms with van der Waals surface area (Å²) in [6, 6.07) is 11.9.